The molecule has 0 N–H and O–H groups in total. The van der Waals surface area contributed by atoms with Crippen LogP contribution < -0.4 is 14.5 Å². The Morgan fingerprint density at radius 2 is 1.12 bits per heavy atom. The van der Waals surface area contributed by atoms with Crippen LogP contribution in [0.25, 0.3) is 27.6 Å². The summed E-state index contributed by atoms with van der Waals surface area (Å²) in [5.74, 6) is 2.51. The zero-order chi connectivity index (χ0) is 43.2. The van der Waals surface area contributed by atoms with Crippen LogP contribution in [0.3, 0.4) is 0 Å². The number of hydrogen-bond acceptors (Lipinski definition) is 4. The van der Waals surface area contributed by atoms with Gasteiger partial charge in [0.05, 0.1) is 22.4 Å². The van der Waals surface area contributed by atoms with E-state index in [0.29, 0.717) is 6.67 Å². The molecule has 5 nitrogen and oxygen atoms in total. The van der Waals surface area contributed by atoms with E-state index in [9.17, 15) is 0 Å². The highest BCUT2D eigenvalue weighted by Crippen LogP contribution is 2.48. The smallest absolute Gasteiger partial charge is 0.137 e. The molecule has 0 bridgehead atoms. The first-order chi connectivity index (χ1) is 28.0. The van der Waals surface area contributed by atoms with Gasteiger partial charge in [-0.25, -0.2) is 4.98 Å². The van der Waals surface area contributed by atoms with Gasteiger partial charge in [0, 0.05) is 40.5 Å². The largest absolute Gasteiger partial charge is 0.457 e. The predicted octanol–water partition coefficient (Wildman–Crippen LogP) is 15.4. The van der Waals surface area contributed by atoms with Crippen molar-refractivity contribution in [2.24, 2.45) is 5.41 Å². The standard InChI is InChI=1S/C55H64N4O/c1-51(2,3)36-18-17-19-40(28-36)57-35-58(49-31-37(52(4,5)6)22-25-47(49)57)41-29-39(53(7,8)9)30-43(33-41)60-42-23-24-45-44-20-15-16-21-46(44)59(48(45)34-42)50-32-38(26-27-56-50)55(13,14)54(10,11)12/h15-34H,35H2,1-14H3. The summed E-state index contributed by atoms with van der Waals surface area (Å²) < 4.78 is 9.29. The minimum absolute atomic E-state index is 0.00252. The average molecular weight is 797 g/mol. The van der Waals surface area contributed by atoms with Gasteiger partial charge in [-0.15, -0.1) is 0 Å². The fourth-order valence-electron chi connectivity index (χ4n) is 8.30. The number of fused-ring (bicyclic) bond motifs is 4. The second kappa shape index (κ2) is 14.3. The molecule has 0 amide bonds. The van der Waals surface area contributed by atoms with Crippen LogP contribution in [-0.4, -0.2) is 16.2 Å². The van der Waals surface area contributed by atoms with E-state index in [4.69, 9.17) is 9.72 Å². The van der Waals surface area contributed by atoms with E-state index in [1.165, 1.54) is 50.1 Å². The van der Waals surface area contributed by atoms with Crippen LogP contribution in [0.1, 0.15) is 119 Å². The number of aromatic nitrogens is 2. The highest BCUT2D eigenvalue weighted by molar-refractivity contribution is 6.09. The molecule has 60 heavy (non-hydrogen) atoms. The number of nitrogens with zero attached hydrogens (tertiary/aromatic N) is 4. The van der Waals surface area contributed by atoms with Gasteiger partial charge in [0.25, 0.3) is 0 Å². The van der Waals surface area contributed by atoms with Crippen LogP contribution >= 0.6 is 0 Å². The van der Waals surface area contributed by atoms with E-state index in [1.807, 2.05) is 6.20 Å². The monoisotopic (exact) mass is 797 g/mol. The number of hydrogen-bond donors (Lipinski definition) is 0. The third kappa shape index (κ3) is 7.46. The van der Waals surface area contributed by atoms with Gasteiger partial charge in [-0.2, -0.15) is 0 Å². The van der Waals surface area contributed by atoms with Gasteiger partial charge < -0.3 is 14.5 Å². The fraction of sp³-hybridized carbons (Fsp3) is 0.364. The van der Waals surface area contributed by atoms with Gasteiger partial charge in [0.15, 0.2) is 0 Å². The summed E-state index contributed by atoms with van der Waals surface area (Å²) in [7, 11) is 0. The lowest BCUT2D eigenvalue weighted by Gasteiger charge is -2.39. The van der Waals surface area contributed by atoms with Crippen LogP contribution in [0.15, 0.2) is 121 Å². The molecule has 7 aromatic rings. The SMILES string of the molecule is CC(C)(C)c1cccc(N2CN(c3cc(Oc4ccc5c6ccccc6n(-c6cc(C(C)(C)C(C)(C)C)ccn6)c5c4)cc(C(C)(C)C)c3)c3cc(C(C)(C)C)ccc32)c1. The maximum absolute atomic E-state index is 6.99. The van der Waals surface area contributed by atoms with Crippen LogP contribution in [0.2, 0.25) is 0 Å². The van der Waals surface area contributed by atoms with Crippen LogP contribution in [0.4, 0.5) is 22.7 Å². The molecule has 8 rings (SSSR count). The molecule has 0 unspecified atom stereocenters. The Labute approximate surface area is 359 Å². The van der Waals surface area contributed by atoms with Gasteiger partial charge in [0.1, 0.15) is 24.0 Å². The highest BCUT2D eigenvalue weighted by Gasteiger charge is 2.35. The van der Waals surface area contributed by atoms with Gasteiger partial charge in [-0.05, 0) is 116 Å². The Morgan fingerprint density at radius 3 is 1.82 bits per heavy atom. The molecule has 1 aliphatic heterocycles. The second-order valence-corrected chi connectivity index (χ2v) is 21.6. The fourth-order valence-corrected chi connectivity index (χ4v) is 8.30. The average Bonchev–Trinajstić information content (AvgIpc) is 3.72. The molecule has 5 heteroatoms. The Morgan fingerprint density at radius 1 is 0.467 bits per heavy atom. The molecule has 0 aliphatic carbocycles. The summed E-state index contributed by atoms with van der Waals surface area (Å²) in [4.78, 5) is 9.91. The summed E-state index contributed by atoms with van der Waals surface area (Å²) in [5, 5.41) is 2.36. The summed E-state index contributed by atoms with van der Waals surface area (Å²) in [6, 6.07) is 42.4. The molecule has 2 aromatic heterocycles. The van der Waals surface area contributed by atoms with E-state index in [2.05, 4.69) is 227 Å². The highest BCUT2D eigenvalue weighted by atomic mass is 16.5. The maximum atomic E-state index is 6.99. The van der Waals surface area contributed by atoms with E-state index in [-0.39, 0.29) is 27.1 Å². The Hall–Kier alpha value is -5.55. The van der Waals surface area contributed by atoms with Gasteiger partial charge in [-0.1, -0.05) is 133 Å². The molecule has 0 spiro atoms. The van der Waals surface area contributed by atoms with E-state index in [0.717, 1.165) is 34.0 Å². The number of pyridine rings is 1. The molecule has 1 aliphatic rings. The summed E-state index contributed by atoms with van der Waals surface area (Å²) in [5.41, 5.74) is 12.0. The Bertz CT molecular complexity index is 2740. The third-order valence-corrected chi connectivity index (χ3v) is 13.3. The second-order valence-electron chi connectivity index (χ2n) is 21.6. The van der Waals surface area contributed by atoms with E-state index < -0.39 is 0 Å². The topological polar surface area (TPSA) is 33.5 Å². The van der Waals surface area contributed by atoms with Gasteiger partial charge in [0.2, 0.25) is 0 Å². The lowest BCUT2D eigenvalue weighted by atomic mass is 9.65. The first-order valence-electron chi connectivity index (χ1n) is 21.6. The maximum Gasteiger partial charge on any atom is 0.137 e. The van der Waals surface area contributed by atoms with Crippen molar-refractivity contribution >= 4 is 44.6 Å². The van der Waals surface area contributed by atoms with E-state index in [1.54, 1.807) is 0 Å². The zero-order valence-electron chi connectivity index (χ0n) is 38.5. The Kier molecular flexibility index (Phi) is 9.81. The predicted molar refractivity (Wildman–Crippen MR) is 256 cm³/mol. The summed E-state index contributed by atoms with van der Waals surface area (Å²) in [6.07, 6.45) is 1.96. The lowest BCUT2D eigenvalue weighted by Crippen LogP contribution is -2.34. The van der Waals surface area contributed by atoms with Crippen molar-refractivity contribution in [3.8, 4) is 17.3 Å². The molecule has 310 valence electrons. The summed E-state index contributed by atoms with van der Waals surface area (Å²) >= 11 is 0. The summed E-state index contributed by atoms with van der Waals surface area (Å²) in [6.45, 7) is 32.8. The van der Waals surface area contributed by atoms with Crippen LogP contribution in [0, 0.1) is 5.41 Å². The van der Waals surface area contributed by atoms with Crippen molar-refractivity contribution in [3.05, 3.63) is 144 Å². The number of para-hydroxylation sites is 1. The number of ether oxygens (including phenoxy) is 1. The molecule has 0 saturated carbocycles. The molecule has 3 heterocycles. The quantitative estimate of drug-likeness (QED) is 0.168. The molecule has 0 fully saturated rings. The molecule has 0 radical (unpaired) electrons. The first-order valence-corrected chi connectivity index (χ1v) is 21.6. The normalized spacial score (nSPS) is 14.0. The van der Waals surface area contributed by atoms with Crippen molar-refractivity contribution in [3.63, 3.8) is 0 Å². The molecular formula is C55H64N4O. The van der Waals surface area contributed by atoms with Crippen molar-refractivity contribution < 1.29 is 4.74 Å². The first kappa shape index (κ1) is 41.2. The van der Waals surface area contributed by atoms with Crippen LogP contribution in [-0.2, 0) is 21.7 Å². The molecule has 0 saturated heterocycles. The van der Waals surface area contributed by atoms with Gasteiger partial charge >= 0.3 is 0 Å². The number of benzene rings is 5. The lowest BCUT2D eigenvalue weighted by molar-refractivity contribution is 0.225. The third-order valence-electron chi connectivity index (χ3n) is 13.3. The van der Waals surface area contributed by atoms with Gasteiger partial charge in [-0.3, -0.25) is 4.57 Å². The molecule has 5 aromatic carbocycles. The Balaban J connectivity index is 1.24. The number of rotatable bonds is 6. The van der Waals surface area contributed by atoms with Crippen LogP contribution in [0.5, 0.6) is 11.5 Å². The minimum Gasteiger partial charge on any atom is -0.457 e. The molecule has 0 atom stereocenters. The van der Waals surface area contributed by atoms with Crippen molar-refractivity contribution in [1.82, 2.24) is 9.55 Å². The molecular weight excluding hydrogens is 733 g/mol. The number of anilines is 4. The van der Waals surface area contributed by atoms with Crippen molar-refractivity contribution in [2.45, 2.75) is 119 Å². The van der Waals surface area contributed by atoms with E-state index >= 15 is 0 Å². The van der Waals surface area contributed by atoms with Crippen molar-refractivity contribution in [2.75, 3.05) is 16.5 Å². The zero-order valence-corrected chi connectivity index (χ0v) is 38.5. The minimum atomic E-state index is -0.113. The van der Waals surface area contributed by atoms with Crippen molar-refractivity contribution in [1.29, 1.82) is 0 Å².